The van der Waals surface area contributed by atoms with Gasteiger partial charge >= 0.3 is 0 Å². The van der Waals surface area contributed by atoms with E-state index in [2.05, 4.69) is 16.8 Å². The Labute approximate surface area is 131 Å². The van der Waals surface area contributed by atoms with Gasteiger partial charge in [-0.2, -0.15) is 0 Å². The molecule has 3 rings (SSSR count). The monoisotopic (exact) mass is 307 g/mol. The van der Waals surface area contributed by atoms with E-state index in [1.807, 2.05) is 30.3 Å². The predicted octanol–water partition coefficient (Wildman–Crippen LogP) is 2.93. The van der Waals surface area contributed by atoms with Gasteiger partial charge in [0.2, 0.25) is 5.89 Å². The number of aromatic nitrogens is 1. The van der Waals surface area contributed by atoms with Crippen LogP contribution in [0.2, 0.25) is 0 Å². The molecule has 114 valence electrons. The van der Waals surface area contributed by atoms with E-state index in [-0.39, 0.29) is 12.4 Å². The van der Waals surface area contributed by atoms with E-state index in [4.69, 9.17) is 10.2 Å². The normalized spacial score (nSPS) is 22.8. The third-order valence-corrected chi connectivity index (χ3v) is 4.01. The van der Waals surface area contributed by atoms with Crippen molar-refractivity contribution in [3.63, 3.8) is 0 Å². The Kier molecular flexibility index (Phi) is 5.39. The van der Waals surface area contributed by atoms with E-state index in [1.54, 1.807) is 6.26 Å². The van der Waals surface area contributed by atoms with Gasteiger partial charge in [0.25, 0.3) is 0 Å². The molecule has 0 aliphatic carbocycles. The summed E-state index contributed by atoms with van der Waals surface area (Å²) in [5.74, 6) is 1.24. The number of nitrogens with two attached hydrogens (primary N) is 1. The summed E-state index contributed by atoms with van der Waals surface area (Å²) >= 11 is 0. The Morgan fingerprint density at radius 2 is 2.10 bits per heavy atom. The first kappa shape index (κ1) is 16.0. The van der Waals surface area contributed by atoms with Gasteiger partial charge in [-0.1, -0.05) is 25.1 Å². The Bertz CT molecular complexity index is 558. The molecule has 1 aliphatic heterocycles. The zero-order chi connectivity index (χ0) is 13.9. The SMILES string of the molecule is CC1CN(Cc2coc(-c3ccccc3)n2)CCC1N.Cl. The maximum atomic E-state index is 6.05. The van der Waals surface area contributed by atoms with Crippen molar-refractivity contribution in [1.29, 1.82) is 0 Å². The van der Waals surface area contributed by atoms with Crippen LogP contribution in [0.4, 0.5) is 0 Å². The maximum absolute atomic E-state index is 6.05. The smallest absolute Gasteiger partial charge is 0.226 e. The van der Waals surface area contributed by atoms with E-state index >= 15 is 0 Å². The van der Waals surface area contributed by atoms with Crippen molar-refractivity contribution in [2.24, 2.45) is 11.7 Å². The van der Waals surface area contributed by atoms with E-state index in [0.29, 0.717) is 17.9 Å². The van der Waals surface area contributed by atoms with Gasteiger partial charge in [-0.05, 0) is 24.5 Å². The number of benzene rings is 1. The molecule has 1 aromatic heterocycles. The molecule has 0 amide bonds. The van der Waals surface area contributed by atoms with E-state index < -0.39 is 0 Å². The third kappa shape index (κ3) is 3.84. The molecule has 21 heavy (non-hydrogen) atoms. The molecule has 0 spiro atoms. The zero-order valence-corrected chi connectivity index (χ0v) is 13.1. The number of likely N-dealkylation sites (tertiary alicyclic amines) is 1. The lowest BCUT2D eigenvalue weighted by Gasteiger charge is -2.34. The number of oxazole rings is 1. The fraction of sp³-hybridized carbons (Fsp3) is 0.438. The molecular formula is C16H22ClN3O. The van der Waals surface area contributed by atoms with Gasteiger partial charge in [0.15, 0.2) is 0 Å². The molecule has 0 radical (unpaired) electrons. The third-order valence-electron chi connectivity index (χ3n) is 4.01. The van der Waals surface area contributed by atoms with Gasteiger partial charge in [-0.3, -0.25) is 4.90 Å². The molecule has 4 nitrogen and oxygen atoms in total. The summed E-state index contributed by atoms with van der Waals surface area (Å²) in [4.78, 5) is 6.98. The van der Waals surface area contributed by atoms with Crippen molar-refractivity contribution in [2.45, 2.75) is 25.9 Å². The number of nitrogens with zero attached hydrogens (tertiary/aromatic N) is 2. The van der Waals surface area contributed by atoms with Gasteiger partial charge in [-0.15, -0.1) is 12.4 Å². The predicted molar refractivity (Wildman–Crippen MR) is 86.2 cm³/mol. The molecule has 2 N–H and O–H groups in total. The largest absolute Gasteiger partial charge is 0.444 e. The van der Waals surface area contributed by atoms with E-state index in [0.717, 1.165) is 37.3 Å². The highest BCUT2D eigenvalue weighted by Gasteiger charge is 2.23. The zero-order valence-electron chi connectivity index (χ0n) is 12.2. The molecular weight excluding hydrogens is 286 g/mol. The van der Waals surface area contributed by atoms with Crippen molar-refractivity contribution in [1.82, 2.24) is 9.88 Å². The van der Waals surface area contributed by atoms with Gasteiger partial charge < -0.3 is 10.2 Å². The summed E-state index contributed by atoms with van der Waals surface area (Å²) in [5.41, 5.74) is 8.07. The fourth-order valence-corrected chi connectivity index (χ4v) is 2.72. The van der Waals surface area contributed by atoms with Gasteiger partial charge in [0, 0.05) is 31.2 Å². The quantitative estimate of drug-likeness (QED) is 0.947. The number of hydrogen-bond donors (Lipinski definition) is 1. The summed E-state index contributed by atoms with van der Waals surface area (Å²) in [6, 6.07) is 10.3. The van der Waals surface area contributed by atoms with Crippen LogP contribution in [0, 0.1) is 5.92 Å². The van der Waals surface area contributed by atoms with Crippen LogP contribution in [-0.2, 0) is 6.54 Å². The lowest BCUT2D eigenvalue weighted by molar-refractivity contribution is 0.156. The number of halogens is 1. The van der Waals surface area contributed by atoms with Crippen molar-refractivity contribution in [3.8, 4) is 11.5 Å². The molecule has 2 unspecified atom stereocenters. The van der Waals surface area contributed by atoms with E-state index in [9.17, 15) is 0 Å². The maximum Gasteiger partial charge on any atom is 0.226 e. The molecule has 0 bridgehead atoms. The fourth-order valence-electron chi connectivity index (χ4n) is 2.72. The number of piperidine rings is 1. The second-order valence-electron chi connectivity index (χ2n) is 5.67. The van der Waals surface area contributed by atoms with Crippen LogP contribution < -0.4 is 5.73 Å². The lowest BCUT2D eigenvalue weighted by Crippen LogP contribution is -2.45. The highest BCUT2D eigenvalue weighted by atomic mass is 35.5. The molecule has 2 aromatic rings. The standard InChI is InChI=1S/C16H21N3O.ClH/c1-12-9-19(8-7-15(12)17)10-14-11-20-16(18-14)13-5-3-2-4-6-13;/h2-6,11-12,15H,7-10,17H2,1H3;1H. The van der Waals surface area contributed by atoms with Gasteiger partial charge in [0.05, 0.1) is 5.69 Å². The molecule has 0 saturated carbocycles. The average Bonchev–Trinajstić information content (AvgIpc) is 2.92. The Hall–Kier alpha value is -1.36. The van der Waals surface area contributed by atoms with Crippen LogP contribution in [0.3, 0.4) is 0 Å². The first-order chi connectivity index (χ1) is 9.72. The minimum absolute atomic E-state index is 0. The summed E-state index contributed by atoms with van der Waals surface area (Å²) in [6.07, 6.45) is 2.83. The molecule has 5 heteroatoms. The number of hydrogen-bond acceptors (Lipinski definition) is 4. The molecule has 2 atom stereocenters. The molecule has 1 aliphatic rings. The molecule has 1 saturated heterocycles. The highest BCUT2D eigenvalue weighted by Crippen LogP contribution is 2.21. The highest BCUT2D eigenvalue weighted by molar-refractivity contribution is 5.85. The molecule has 2 heterocycles. The second-order valence-corrected chi connectivity index (χ2v) is 5.67. The Morgan fingerprint density at radius 3 is 2.81 bits per heavy atom. The van der Waals surface area contributed by atoms with Crippen molar-refractivity contribution in [3.05, 3.63) is 42.3 Å². The van der Waals surface area contributed by atoms with Gasteiger partial charge in [0.1, 0.15) is 6.26 Å². The van der Waals surface area contributed by atoms with Crippen molar-refractivity contribution >= 4 is 12.4 Å². The minimum atomic E-state index is 0. The average molecular weight is 308 g/mol. The molecule has 1 fully saturated rings. The first-order valence-corrected chi connectivity index (χ1v) is 7.20. The Balaban J connectivity index is 0.00000161. The summed E-state index contributed by atoms with van der Waals surface area (Å²) < 4.78 is 5.58. The van der Waals surface area contributed by atoms with Crippen LogP contribution in [0.1, 0.15) is 19.0 Å². The van der Waals surface area contributed by atoms with Crippen LogP contribution >= 0.6 is 12.4 Å². The van der Waals surface area contributed by atoms with Crippen LogP contribution in [0.25, 0.3) is 11.5 Å². The summed E-state index contributed by atoms with van der Waals surface area (Å²) in [7, 11) is 0. The topological polar surface area (TPSA) is 55.3 Å². The summed E-state index contributed by atoms with van der Waals surface area (Å²) in [6.45, 7) is 5.14. The van der Waals surface area contributed by atoms with Crippen LogP contribution in [0.5, 0.6) is 0 Å². The summed E-state index contributed by atoms with van der Waals surface area (Å²) in [5, 5.41) is 0. The Morgan fingerprint density at radius 1 is 1.33 bits per heavy atom. The second kappa shape index (κ2) is 7.07. The lowest BCUT2D eigenvalue weighted by atomic mass is 9.95. The van der Waals surface area contributed by atoms with Crippen molar-refractivity contribution in [2.75, 3.05) is 13.1 Å². The number of rotatable bonds is 3. The van der Waals surface area contributed by atoms with Crippen LogP contribution in [-0.4, -0.2) is 29.0 Å². The first-order valence-electron chi connectivity index (χ1n) is 7.20. The van der Waals surface area contributed by atoms with Gasteiger partial charge in [-0.25, -0.2) is 4.98 Å². The molecule has 1 aromatic carbocycles. The van der Waals surface area contributed by atoms with Crippen molar-refractivity contribution < 1.29 is 4.42 Å². The van der Waals surface area contributed by atoms with E-state index in [1.165, 1.54) is 0 Å². The van der Waals surface area contributed by atoms with Crippen LogP contribution in [0.15, 0.2) is 41.0 Å². The minimum Gasteiger partial charge on any atom is -0.444 e.